The highest BCUT2D eigenvalue weighted by Gasteiger charge is 2.33. The molecule has 8 heteroatoms. The third-order valence-corrected chi connectivity index (χ3v) is 5.64. The van der Waals surface area contributed by atoms with E-state index in [4.69, 9.17) is 0 Å². The molecule has 4 rings (SSSR count). The van der Waals surface area contributed by atoms with Crippen molar-refractivity contribution in [3.63, 3.8) is 0 Å². The minimum Gasteiger partial charge on any atom is -0.303 e. The second kappa shape index (κ2) is 9.28. The van der Waals surface area contributed by atoms with Crippen LogP contribution < -0.4 is 10.9 Å². The van der Waals surface area contributed by atoms with Gasteiger partial charge in [-0.05, 0) is 48.7 Å². The minimum absolute atomic E-state index is 0.0597. The van der Waals surface area contributed by atoms with Gasteiger partial charge in [0, 0.05) is 18.7 Å². The van der Waals surface area contributed by atoms with Crippen molar-refractivity contribution in [3.05, 3.63) is 92.8 Å². The zero-order valence-electron chi connectivity index (χ0n) is 18.5. The smallest absolute Gasteiger partial charge is 0.303 e. The number of aromatic nitrogens is 2. The van der Waals surface area contributed by atoms with Gasteiger partial charge >= 0.3 is 6.03 Å². The molecule has 170 valence electrons. The summed E-state index contributed by atoms with van der Waals surface area (Å²) in [4.78, 5) is 39.6. The van der Waals surface area contributed by atoms with Crippen molar-refractivity contribution in [1.82, 2.24) is 20.0 Å². The van der Waals surface area contributed by atoms with Crippen LogP contribution >= 0.6 is 0 Å². The lowest BCUT2D eigenvalue weighted by Gasteiger charge is -2.09. The van der Waals surface area contributed by atoms with Crippen LogP contribution in [0, 0.1) is 12.7 Å². The van der Waals surface area contributed by atoms with Crippen LogP contribution in [0.1, 0.15) is 42.1 Å². The molecule has 0 atom stereocenters. The molecule has 2 heterocycles. The fourth-order valence-corrected chi connectivity index (χ4v) is 3.80. The van der Waals surface area contributed by atoms with E-state index in [0.29, 0.717) is 30.8 Å². The summed E-state index contributed by atoms with van der Waals surface area (Å²) >= 11 is 0. The van der Waals surface area contributed by atoms with Crippen molar-refractivity contribution < 1.29 is 14.0 Å². The number of imide groups is 1. The molecule has 1 aliphatic heterocycles. The molecule has 2 N–H and O–H groups in total. The highest BCUT2D eigenvalue weighted by Crippen LogP contribution is 2.19. The molecule has 1 saturated heterocycles. The number of urea groups is 1. The van der Waals surface area contributed by atoms with E-state index in [1.807, 2.05) is 38.1 Å². The molecule has 0 unspecified atom stereocenters. The van der Waals surface area contributed by atoms with E-state index in [1.165, 1.54) is 22.9 Å². The Hall–Kier alpha value is -3.94. The normalized spacial score (nSPS) is 14.9. The van der Waals surface area contributed by atoms with Crippen molar-refractivity contribution >= 4 is 18.0 Å². The van der Waals surface area contributed by atoms with Gasteiger partial charge in [0.1, 0.15) is 11.5 Å². The number of para-hydroxylation sites is 1. The molecule has 1 aliphatic rings. The maximum atomic E-state index is 13.4. The summed E-state index contributed by atoms with van der Waals surface area (Å²) in [5.74, 6) is -0.803. The molecular weight excluding hydrogens is 423 g/mol. The number of aromatic amines is 1. The number of hydrogen-bond donors (Lipinski definition) is 2. The number of amides is 3. The average Bonchev–Trinajstić information content (AvgIpc) is 3.24. The molecule has 3 amide bonds. The molecule has 0 aliphatic carbocycles. The van der Waals surface area contributed by atoms with Gasteiger partial charge in [0.05, 0.1) is 11.3 Å². The van der Waals surface area contributed by atoms with E-state index < -0.39 is 11.9 Å². The minimum atomic E-state index is -0.491. The second-order valence-corrected chi connectivity index (χ2v) is 8.03. The lowest BCUT2D eigenvalue weighted by Crippen LogP contribution is -2.31. The first-order valence-corrected chi connectivity index (χ1v) is 10.9. The molecule has 3 aromatic rings. The molecule has 0 radical (unpaired) electrons. The van der Waals surface area contributed by atoms with Gasteiger partial charge in [0.15, 0.2) is 0 Å². The molecule has 0 saturated carbocycles. The largest absolute Gasteiger partial charge is 0.329 e. The number of halogens is 1. The summed E-state index contributed by atoms with van der Waals surface area (Å²) in [5.41, 5.74) is 2.90. The van der Waals surface area contributed by atoms with Crippen molar-refractivity contribution in [2.45, 2.75) is 33.1 Å². The first-order chi connectivity index (χ1) is 15.9. The lowest BCUT2D eigenvalue weighted by molar-refractivity contribution is -0.122. The number of nitrogens with zero attached hydrogens (tertiary/aromatic N) is 2. The molecule has 1 fully saturated rings. The summed E-state index contributed by atoms with van der Waals surface area (Å²) in [5, 5.41) is 5.73. The highest BCUT2D eigenvalue weighted by molar-refractivity contribution is 6.14. The van der Waals surface area contributed by atoms with Crippen LogP contribution in [-0.2, 0) is 11.2 Å². The quantitative estimate of drug-likeness (QED) is 0.425. The van der Waals surface area contributed by atoms with E-state index in [9.17, 15) is 18.8 Å². The number of H-pyrrole nitrogens is 1. The van der Waals surface area contributed by atoms with E-state index in [-0.39, 0.29) is 22.6 Å². The number of hydrogen-bond acceptors (Lipinski definition) is 3. The predicted octanol–water partition coefficient (Wildman–Crippen LogP) is 3.90. The molecular formula is C25H25FN4O3. The Balaban J connectivity index is 1.79. The maximum absolute atomic E-state index is 13.4. The predicted molar refractivity (Wildman–Crippen MR) is 123 cm³/mol. The molecule has 7 nitrogen and oxygen atoms in total. The second-order valence-electron chi connectivity index (χ2n) is 8.03. The van der Waals surface area contributed by atoms with Gasteiger partial charge in [-0.15, -0.1) is 0 Å². The number of aryl methyl sites for hydroxylation is 1. The average molecular weight is 448 g/mol. The van der Waals surface area contributed by atoms with Crippen LogP contribution in [0.25, 0.3) is 11.8 Å². The summed E-state index contributed by atoms with van der Waals surface area (Å²) in [6, 6.07) is 12.9. The summed E-state index contributed by atoms with van der Waals surface area (Å²) < 4.78 is 14.8. The summed E-state index contributed by atoms with van der Waals surface area (Å²) in [6.07, 6.45) is 3.29. The molecule has 1 aromatic heterocycles. The Morgan fingerprint density at radius 1 is 1.03 bits per heavy atom. The van der Waals surface area contributed by atoms with E-state index >= 15 is 0 Å². The first-order valence-electron chi connectivity index (χ1n) is 10.9. The van der Waals surface area contributed by atoms with Crippen LogP contribution in [0.15, 0.2) is 59.0 Å². The third kappa shape index (κ3) is 4.50. The van der Waals surface area contributed by atoms with E-state index in [2.05, 4.69) is 10.4 Å². The third-order valence-electron chi connectivity index (χ3n) is 5.64. The Morgan fingerprint density at radius 2 is 1.76 bits per heavy atom. The zero-order chi connectivity index (χ0) is 23.5. The van der Waals surface area contributed by atoms with E-state index in [1.54, 1.807) is 12.1 Å². The Morgan fingerprint density at radius 3 is 2.45 bits per heavy atom. The SMILES string of the molecule is CCCCN1C(=O)N/C(=C\c2c(Cc3ccc(F)cc3)[nH]n(-c3ccccc3C)c2=O)C1=O. The van der Waals surface area contributed by atoms with Gasteiger partial charge in [0.2, 0.25) is 0 Å². The monoisotopic (exact) mass is 448 g/mol. The molecule has 2 aromatic carbocycles. The first kappa shape index (κ1) is 22.3. The lowest BCUT2D eigenvalue weighted by atomic mass is 10.1. The van der Waals surface area contributed by atoms with Gasteiger partial charge in [-0.3, -0.25) is 19.6 Å². The Labute approximate surface area is 190 Å². The molecule has 0 bridgehead atoms. The van der Waals surface area contributed by atoms with Crippen LogP contribution in [0.4, 0.5) is 9.18 Å². The summed E-state index contributed by atoms with van der Waals surface area (Å²) in [6.45, 7) is 4.19. The Kier molecular flexibility index (Phi) is 6.26. The number of rotatable bonds is 7. The zero-order valence-corrected chi connectivity index (χ0v) is 18.5. The number of benzene rings is 2. The molecule has 33 heavy (non-hydrogen) atoms. The standard InChI is InChI=1S/C25H25FN4O3/c1-3-4-13-29-24(32)21(27-25(29)33)15-19-20(14-17-9-11-18(26)12-10-17)28-30(23(19)31)22-8-6-5-7-16(22)2/h5-12,15,28H,3-4,13-14H2,1-2H3,(H,27,33)/b21-15-. The van der Waals surface area contributed by atoms with Crippen molar-refractivity contribution in [2.75, 3.05) is 6.54 Å². The highest BCUT2D eigenvalue weighted by atomic mass is 19.1. The van der Waals surface area contributed by atoms with Crippen LogP contribution in [0.5, 0.6) is 0 Å². The molecule has 0 spiro atoms. The van der Waals surface area contributed by atoms with Crippen LogP contribution in [0.2, 0.25) is 0 Å². The van der Waals surface area contributed by atoms with Crippen LogP contribution in [-0.4, -0.2) is 33.2 Å². The van der Waals surface area contributed by atoms with Crippen LogP contribution in [0.3, 0.4) is 0 Å². The Bertz CT molecular complexity index is 1290. The van der Waals surface area contributed by atoms with Gasteiger partial charge in [0.25, 0.3) is 11.5 Å². The van der Waals surface area contributed by atoms with Crippen molar-refractivity contribution in [2.24, 2.45) is 0 Å². The fraction of sp³-hybridized carbons (Fsp3) is 0.240. The van der Waals surface area contributed by atoms with Gasteiger partial charge in [-0.2, -0.15) is 0 Å². The summed E-state index contributed by atoms with van der Waals surface area (Å²) in [7, 11) is 0. The van der Waals surface area contributed by atoms with Gasteiger partial charge in [-0.25, -0.2) is 13.9 Å². The maximum Gasteiger partial charge on any atom is 0.329 e. The number of carbonyl (C=O) groups excluding carboxylic acids is 2. The van der Waals surface area contributed by atoms with Crippen molar-refractivity contribution in [1.29, 1.82) is 0 Å². The van der Waals surface area contributed by atoms with Gasteiger partial charge < -0.3 is 5.32 Å². The number of carbonyl (C=O) groups is 2. The van der Waals surface area contributed by atoms with Crippen molar-refractivity contribution in [3.8, 4) is 5.69 Å². The number of unbranched alkanes of at least 4 members (excludes halogenated alkanes) is 1. The van der Waals surface area contributed by atoms with E-state index in [0.717, 1.165) is 22.4 Å². The number of nitrogens with one attached hydrogen (secondary N) is 2. The fourth-order valence-electron chi connectivity index (χ4n) is 3.80. The topological polar surface area (TPSA) is 87.2 Å². The van der Waals surface area contributed by atoms with Gasteiger partial charge in [-0.1, -0.05) is 43.7 Å².